The van der Waals surface area contributed by atoms with Gasteiger partial charge in [-0.1, -0.05) is 11.8 Å². The quantitative estimate of drug-likeness (QED) is 0.294. The number of rotatable bonds is 3. The van der Waals surface area contributed by atoms with Gasteiger partial charge in [0, 0.05) is 23.8 Å². The van der Waals surface area contributed by atoms with Crippen molar-refractivity contribution in [2.75, 3.05) is 5.75 Å². The summed E-state index contributed by atoms with van der Waals surface area (Å²) in [5.74, 6) is 5.89. The Bertz CT molecular complexity index is 514. The summed E-state index contributed by atoms with van der Waals surface area (Å²) in [7, 11) is 0. The number of thiol groups is 1. The molecule has 4 nitrogen and oxygen atoms in total. The van der Waals surface area contributed by atoms with Crippen LogP contribution in [0, 0.1) is 22.0 Å². The molecular weight excluding hydrogens is 238 g/mol. The highest BCUT2D eigenvalue weighted by molar-refractivity contribution is 7.80. The summed E-state index contributed by atoms with van der Waals surface area (Å²) < 4.78 is 0. The number of nitro groups is 1. The number of Topliss-reactive ketones (excluding diaryl/α,β-unsaturated/α-hetero) is 1. The van der Waals surface area contributed by atoms with Crippen LogP contribution >= 0.6 is 12.6 Å². The molecule has 0 aromatic heterocycles. The Labute approximate surface area is 105 Å². The first-order chi connectivity index (χ1) is 8.06. The highest BCUT2D eigenvalue weighted by Gasteiger charge is 2.14. The van der Waals surface area contributed by atoms with Crippen LogP contribution in [0.5, 0.6) is 0 Å². The van der Waals surface area contributed by atoms with E-state index in [0.717, 1.165) is 0 Å². The maximum absolute atomic E-state index is 11.1. The molecular formula is C12H11NO3S. The molecule has 0 aliphatic rings. The van der Waals surface area contributed by atoms with Crippen LogP contribution in [0.3, 0.4) is 0 Å². The van der Waals surface area contributed by atoms with Crippen molar-refractivity contribution < 1.29 is 9.72 Å². The molecule has 17 heavy (non-hydrogen) atoms. The van der Waals surface area contributed by atoms with E-state index in [1.54, 1.807) is 6.07 Å². The first-order valence-corrected chi connectivity index (χ1v) is 5.58. The van der Waals surface area contributed by atoms with Gasteiger partial charge in [0.25, 0.3) is 5.69 Å². The summed E-state index contributed by atoms with van der Waals surface area (Å²) in [6.07, 6.45) is 0.564. The minimum absolute atomic E-state index is 0.135. The topological polar surface area (TPSA) is 60.2 Å². The van der Waals surface area contributed by atoms with Gasteiger partial charge < -0.3 is 0 Å². The molecule has 0 bridgehead atoms. The van der Waals surface area contributed by atoms with Crippen molar-refractivity contribution in [2.45, 2.75) is 13.3 Å². The van der Waals surface area contributed by atoms with Crippen LogP contribution in [-0.4, -0.2) is 16.5 Å². The van der Waals surface area contributed by atoms with Crippen molar-refractivity contribution in [1.82, 2.24) is 0 Å². The number of ketones is 1. The van der Waals surface area contributed by atoms with Gasteiger partial charge in [-0.2, -0.15) is 12.6 Å². The second kappa shape index (κ2) is 6.06. The molecule has 0 fully saturated rings. The average Bonchev–Trinajstić information content (AvgIpc) is 2.29. The van der Waals surface area contributed by atoms with Crippen molar-refractivity contribution in [2.24, 2.45) is 0 Å². The third-order valence-corrected chi connectivity index (χ3v) is 2.28. The second-order valence-corrected chi connectivity index (χ2v) is 3.77. The van der Waals surface area contributed by atoms with Gasteiger partial charge in [-0.3, -0.25) is 14.9 Å². The molecule has 1 rings (SSSR count). The van der Waals surface area contributed by atoms with E-state index in [4.69, 9.17) is 0 Å². The van der Waals surface area contributed by atoms with Gasteiger partial charge in [0.05, 0.1) is 4.92 Å². The van der Waals surface area contributed by atoms with Crippen LogP contribution in [-0.2, 0) is 0 Å². The van der Waals surface area contributed by atoms with E-state index >= 15 is 0 Å². The largest absolute Gasteiger partial charge is 0.295 e. The Morgan fingerprint density at radius 3 is 2.76 bits per heavy atom. The van der Waals surface area contributed by atoms with E-state index < -0.39 is 4.92 Å². The van der Waals surface area contributed by atoms with Crippen LogP contribution in [0.15, 0.2) is 18.2 Å². The first kappa shape index (κ1) is 13.3. The predicted molar refractivity (Wildman–Crippen MR) is 68.4 cm³/mol. The molecule has 5 heteroatoms. The number of hydrogen-bond acceptors (Lipinski definition) is 4. The zero-order chi connectivity index (χ0) is 12.8. The molecule has 1 aromatic rings. The predicted octanol–water partition coefficient (Wildman–Crippen LogP) is 2.47. The lowest BCUT2D eigenvalue weighted by molar-refractivity contribution is -0.385. The van der Waals surface area contributed by atoms with E-state index in [-0.39, 0.29) is 11.5 Å². The standard InChI is InChI=1S/C12H11NO3S/c1-9(14)11-6-5-10(4-2-3-7-17)12(8-11)13(15)16/h5-6,8,17H,3,7H2,1H3. The molecule has 0 aliphatic heterocycles. The maximum atomic E-state index is 11.1. The van der Waals surface area contributed by atoms with Gasteiger partial charge in [0.15, 0.2) is 5.78 Å². The molecule has 0 N–H and O–H groups in total. The van der Waals surface area contributed by atoms with E-state index in [0.29, 0.717) is 23.3 Å². The zero-order valence-corrected chi connectivity index (χ0v) is 10.2. The summed E-state index contributed by atoms with van der Waals surface area (Å²) in [5.41, 5.74) is 0.502. The number of nitrogens with zero attached hydrogens (tertiary/aromatic N) is 1. The SMILES string of the molecule is CC(=O)c1ccc(C#CCCS)c([N+](=O)[O-])c1. The molecule has 0 saturated carbocycles. The van der Waals surface area contributed by atoms with E-state index in [1.165, 1.54) is 19.1 Å². The highest BCUT2D eigenvalue weighted by atomic mass is 32.1. The molecule has 1 aromatic carbocycles. The fourth-order valence-corrected chi connectivity index (χ4v) is 1.33. The van der Waals surface area contributed by atoms with Crippen LogP contribution in [0.25, 0.3) is 0 Å². The molecule has 0 radical (unpaired) electrons. The van der Waals surface area contributed by atoms with Gasteiger partial charge in [0.1, 0.15) is 5.56 Å². The van der Waals surface area contributed by atoms with Crippen molar-refractivity contribution in [3.8, 4) is 11.8 Å². The molecule has 0 unspecified atom stereocenters. The van der Waals surface area contributed by atoms with Crippen LogP contribution < -0.4 is 0 Å². The van der Waals surface area contributed by atoms with Gasteiger partial charge >= 0.3 is 0 Å². The van der Waals surface area contributed by atoms with Crippen molar-refractivity contribution in [1.29, 1.82) is 0 Å². The van der Waals surface area contributed by atoms with E-state index in [9.17, 15) is 14.9 Å². The fraction of sp³-hybridized carbons (Fsp3) is 0.250. The minimum atomic E-state index is -0.531. The van der Waals surface area contributed by atoms with Crippen LogP contribution in [0.1, 0.15) is 29.3 Å². The Balaban J connectivity index is 3.19. The molecule has 88 valence electrons. The molecule has 0 spiro atoms. The summed E-state index contributed by atoms with van der Waals surface area (Å²) in [5, 5.41) is 10.8. The lowest BCUT2D eigenvalue weighted by Crippen LogP contribution is -1.97. The average molecular weight is 249 g/mol. The molecule has 0 aliphatic carbocycles. The Hall–Kier alpha value is -1.80. The Kier molecular flexibility index (Phi) is 4.73. The van der Waals surface area contributed by atoms with E-state index in [1.807, 2.05) is 0 Å². The summed E-state index contributed by atoms with van der Waals surface area (Å²) in [4.78, 5) is 21.4. The summed E-state index contributed by atoms with van der Waals surface area (Å²) in [6.45, 7) is 1.37. The molecule has 0 heterocycles. The number of carbonyl (C=O) groups is 1. The fourth-order valence-electron chi connectivity index (χ4n) is 1.22. The van der Waals surface area contributed by atoms with E-state index in [2.05, 4.69) is 24.5 Å². The first-order valence-electron chi connectivity index (χ1n) is 4.95. The highest BCUT2D eigenvalue weighted by Crippen LogP contribution is 2.19. The van der Waals surface area contributed by atoms with Crippen LogP contribution in [0.4, 0.5) is 5.69 Å². The van der Waals surface area contributed by atoms with Gasteiger partial charge in [-0.15, -0.1) is 0 Å². The summed E-state index contributed by atoms with van der Waals surface area (Å²) >= 11 is 4.00. The zero-order valence-electron chi connectivity index (χ0n) is 9.27. The molecule has 0 atom stereocenters. The monoisotopic (exact) mass is 249 g/mol. The second-order valence-electron chi connectivity index (χ2n) is 3.32. The lowest BCUT2D eigenvalue weighted by atomic mass is 10.1. The van der Waals surface area contributed by atoms with Gasteiger partial charge in [0.2, 0.25) is 0 Å². The third kappa shape index (κ3) is 3.61. The van der Waals surface area contributed by atoms with Crippen molar-refractivity contribution in [3.05, 3.63) is 39.4 Å². The van der Waals surface area contributed by atoms with Crippen molar-refractivity contribution in [3.63, 3.8) is 0 Å². The Morgan fingerprint density at radius 2 is 2.24 bits per heavy atom. The third-order valence-electron chi connectivity index (χ3n) is 2.06. The number of nitro benzene ring substituents is 1. The smallest absolute Gasteiger partial charge is 0.285 e. The minimum Gasteiger partial charge on any atom is -0.295 e. The normalized spacial score (nSPS) is 9.29. The molecule has 0 saturated heterocycles. The number of benzene rings is 1. The van der Waals surface area contributed by atoms with Gasteiger partial charge in [-0.25, -0.2) is 0 Å². The number of carbonyl (C=O) groups excluding carboxylic acids is 1. The van der Waals surface area contributed by atoms with Crippen molar-refractivity contribution >= 4 is 24.1 Å². The van der Waals surface area contributed by atoms with Crippen LogP contribution in [0.2, 0.25) is 0 Å². The molecule has 0 amide bonds. The van der Waals surface area contributed by atoms with Gasteiger partial charge in [-0.05, 0) is 19.1 Å². The maximum Gasteiger partial charge on any atom is 0.285 e. The summed E-state index contributed by atoms with van der Waals surface area (Å²) in [6, 6.07) is 4.30. The number of hydrogen-bond donors (Lipinski definition) is 1. The lowest BCUT2D eigenvalue weighted by Gasteiger charge is -1.98. The Morgan fingerprint density at radius 1 is 1.53 bits per heavy atom.